The quantitative estimate of drug-likeness (QED) is 0.801. The lowest BCUT2D eigenvalue weighted by Crippen LogP contribution is -2.33. The van der Waals surface area contributed by atoms with Crippen LogP contribution in [0, 0.1) is 5.82 Å². The van der Waals surface area contributed by atoms with Gasteiger partial charge in [-0.05, 0) is 30.7 Å². The molecule has 0 spiro atoms. The van der Waals surface area contributed by atoms with Gasteiger partial charge in [-0.15, -0.1) is 0 Å². The highest BCUT2D eigenvalue weighted by atomic mass is 19.4. The van der Waals surface area contributed by atoms with Crippen LogP contribution in [0.5, 0.6) is 0 Å². The number of nitrogens with one attached hydrogen (secondary N) is 1. The number of hydrogen-bond donors (Lipinski definition) is 2. The van der Waals surface area contributed by atoms with E-state index in [9.17, 15) is 22.7 Å². The van der Waals surface area contributed by atoms with Crippen LogP contribution in [0.1, 0.15) is 17.5 Å². The van der Waals surface area contributed by atoms with E-state index in [1.54, 1.807) is 0 Å². The van der Waals surface area contributed by atoms with Crippen molar-refractivity contribution in [2.24, 2.45) is 0 Å². The molecule has 1 unspecified atom stereocenters. The average molecular weight is 263 g/mol. The summed E-state index contributed by atoms with van der Waals surface area (Å²) in [7, 11) is 0. The number of halogens is 4. The van der Waals surface area contributed by atoms with Gasteiger partial charge in [0.25, 0.3) is 0 Å². The van der Waals surface area contributed by atoms with Crippen molar-refractivity contribution >= 4 is 0 Å². The Labute approximate surface area is 102 Å². The monoisotopic (exact) mass is 263 g/mol. The number of alkyl halides is 3. The maximum absolute atomic E-state index is 13.3. The van der Waals surface area contributed by atoms with Crippen LogP contribution in [-0.2, 0) is 12.6 Å². The van der Waals surface area contributed by atoms with Crippen LogP contribution in [0.15, 0.2) is 18.2 Å². The molecule has 1 atom stereocenters. The maximum atomic E-state index is 13.3. The second kappa shape index (κ2) is 4.51. The molecule has 1 fully saturated rings. The minimum absolute atomic E-state index is 0.148. The van der Waals surface area contributed by atoms with Gasteiger partial charge in [-0.2, -0.15) is 13.2 Å². The second-order valence-corrected chi connectivity index (χ2v) is 4.64. The van der Waals surface area contributed by atoms with E-state index in [0.717, 1.165) is 12.1 Å². The summed E-state index contributed by atoms with van der Waals surface area (Å²) in [6, 6.07) is 2.78. The zero-order valence-corrected chi connectivity index (χ0v) is 9.52. The molecule has 0 aromatic heterocycles. The molecule has 0 bridgehead atoms. The number of hydrogen-bond acceptors (Lipinski definition) is 2. The van der Waals surface area contributed by atoms with Gasteiger partial charge < -0.3 is 10.4 Å². The first-order valence-corrected chi connectivity index (χ1v) is 5.59. The molecule has 100 valence electrons. The lowest BCUT2D eigenvalue weighted by molar-refractivity contribution is -0.140. The van der Waals surface area contributed by atoms with Crippen molar-refractivity contribution in [1.82, 2.24) is 5.32 Å². The molecular formula is C12H13F4NO. The number of rotatable bonds is 2. The molecular weight excluding hydrogens is 250 g/mol. The fraction of sp³-hybridized carbons (Fsp3) is 0.500. The topological polar surface area (TPSA) is 32.3 Å². The zero-order valence-electron chi connectivity index (χ0n) is 9.52. The smallest absolute Gasteiger partial charge is 0.388 e. The fourth-order valence-electron chi connectivity index (χ4n) is 2.16. The van der Waals surface area contributed by atoms with Gasteiger partial charge in [0.1, 0.15) is 5.82 Å². The Bertz CT molecular complexity index is 438. The highest BCUT2D eigenvalue weighted by Gasteiger charge is 2.35. The molecule has 0 amide bonds. The van der Waals surface area contributed by atoms with Crippen LogP contribution in [-0.4, -0.2) is 23.8 Å². The van der Waals surface area contributed by atoms with Crippen LogP contribution < -0.4 is 5.32 Å². The molecule has 1 aromatic rings. The summed E-state index contributed by atoms with van der Waals surface area (Å²) in [5.41, 5.74) is -1.90. The van der Waals surface area contributed by atoms with Gasteiger partial charge in [0, 0.05) is 13.0 Å². The van der Waals surface area contributed by atoms with E-state index in [1.807, 2.05) is 0 Å². The van der Waals surface area contributed by atoms with Crippen LogP contribution in [0.3, 0.4) is 0 Å². The number of β-amino-alcohol motifs (C(OH)–C–C–N with tert-alkyl or cyclic N) is 1. The molecule has 1 aromatic carbocycles. The van der Waals surface area contributed by atoms with E-state index in [1.165, 1.54) is 6.07 Å². The van der Waals surface area contributed by atoms with Crippen molar-refractivity contribution in [3.05, 3.63) is 35.1 Å². The van der Waals surface area contributed by atoms with E-state index < -0.39 is 23.2 Å². The Hall–Kier alpha value is -1.14. The minimum Gasteiger partial charge on any atom is -0.388 e. The number of aliphatic hydroxyl groups is 1. The van der Waals surface area contributed by atoms with Crippen molar-refractivity contribution in [1.29, 1.82) is 0 Å². The van der Waals surface area contributed by atoms with Gasteiger partial charge in [-0.1, -0.05) is 6.07 Å². The summed E-state index contributed by atoms with van der Waals surface area (Å²) in [6.45, 7) is 1.02. The summed E-state index contributed by atoms with van der Waals surface area (Å²) in [6.07, 6.45) is -4.03. The normalized spacial score (nSPS) is 24.5. The molecule has 6 heteroatoms. The van der Waals surface area contributed by atoms with Gasteiger partial charge in [-0.3, -0.25) is 0 Å². The maximum Gasteiger partial charge on any atom is 0.419 e. The lowest BCUT2D eigenvalue weighted by Gasteiger charge is -2.21. The third kappa shape index (κ3) is 2.81. The average Bonchev–Trinajstić information content (AvgIpc) is 2.62. The Kier molecular flexibility index (Phi) is 3.33. The highest BCUT2D eigenvalue weighted by molar-refractivity contribution is 5.27. The van der Waals surface area contributed by atoms with E-state index in [0.29, 0.717) is 25.1 Å². The molecule has 18 heavy (non-hydrogen) atoms. The molecule has 2 rings (SSSR count). The first-order valence-electron chi connectivity index (χ1n) is 5.59. The van der Waals surface area contributed by atoms with E-state index in [4.69, 9.17) is 0 Å². The van der Waals surface area contributed by atoms with Crippen LogP contribution >= 0.6 is 0 Å². The Morgan fingerprint density at radius 1 is 1.33 bits per heavy atom. The van der Waals surface area contributed by atoms with Gasteiger partial charge in [0.15, 0.2) is 0 Å². The summed E-state index contributed by atoms with van der Waals surface area (Å²) in [5, 5.41) is 13.0. The Morgan fingerprint density at radius 3 is 2.56 bits per heavy atom. The number of benzene rings is 1. The summed E-state index contributed by atoms with van der Waals surface area (Å²) in [5.74, 6) is -1.30. The van der Waals surface area contributed by atoms with E-state index >= 15 is 0 Å². The van der Waals surface area contributed by atoms with Gasteiger partial charge in [-0.25, -0.2) is 4.39 Å². The predicted octanol–water partition coefficient (Wildman–Crippen LogP) is 2.11. The van der Waals surface area contributed by atoms with Gasteiger partial charge in [0.05, 0.1) is 11.2 Å². The molecule has 2 nitrogen and oxygen atoms in total. The molecule has 0 radical (unpaired) electrons. The predicted molar refractivity (Wildman–Crippen MR) is 57.5 cm³/mol. The molecule has 2 N–H and O–H groups in total. The Morgan fingerprint density at radius 2 is 2.06 bits per heavy atom. The third-order valence-electron chi connectivity index (χ3n) is 3.09. The molecule has 0 saturated carbocycles. The van der Waals surface area contributed by atoms with E-state index in [2.05, 4.69) is 5.32 Å². The molecule has 0 aliphatic carbocycles. The Balaban J connectivity index is 2.19. The van der Waals surface area contributed by atoms with Crippen molar-refractivity contribution in [3.8, 4) is 0 Å². The first kappa shape index (κ1) is 13.3. The van der Waals surface area contributed by atoms with Crippen LogP contribution in [0.4, 0.5) is 17.6 Å². The highest BCUT2D eigenvalue weighted by Crippen LogP contribution is 2.32. The van der Waals surface area contributed by atoms with Crippen molar-refractivity contribution in [3.63, 3.8) is 0 Å². The standard InChI is InChI=1S/C12H13F4NO/c13-10-5-8(1-2-9(10)12(14,15)16)6-11(18)3-4-17-7-11/h1-2,5,17-18H,3-4,6-7H2. The minimum atomic E-state index is -4.69. The van der Waals surface area contributed by atoms with Crippen LogP contribution in [0.2, 0.25) is 0 Å². The van der Waals surface area contributed by atoms with Crippen molar-refractivity contribution in [2.75, 3.05) is 13.1 Å². The van der Waals surface area contributed by atoms with Gasteiger partial charge in [0.2, 0.25) is 0 Å². The van der Waals surface area contributed by atoms with Crippen molar-refractivity contribution < 1.29 is 22.7 Å². The van der Waals surface area contributed by atoms with Crippen molar-refractivity contribution in [2.45, 2.75) is 24.6 Å². The molecule has 1 aliphatic heterocycles. The zero-order chi connectivity index (χ0) is 13.4. The van der Waals surface area contributed by atoms with E-state index in [-0.39, 0.29) is 6.42 Å². The molecule has 1 aliphatic rings. The first-order chi connectivity index (χ1) is 8.30. The summed E-state index contributed by atoms with van der Waals surface area (Å²) < 4.78 is 50.4. The summed E-state index contributed by atoms with van der Waals surface area (Å²) in [4.78, 5) is 0. The molecule has 1 saturated heterocycles. The summed E-state index contributed by atoms with van der Waals surface area (Å²) >= 11 is 0. The van der Waals surface area contributed by atoms with Gasteiger partial charge >= 0.3 is 6.18 Å². The lowest BCUT2D eigenvalue weighted by atomic mass is 9.93. The van der Waals surface area contributed by atoms with Crippen LogP contribution in [0.25, 0.3) is 0 Å². The second-order valence-electron chi connectivity index (χ2n) is 4.64. The SMILES string of the molecule is OC1(Cc2ccc(C(F)(F)F)c(F)c2)CCNC1. The molecule has 1 heterocycles. The third-order valence-corrected chi connectivity index (χ3v) is 3.09. The fourth-order valence-corrected chi connectivity index (χ4v) is 2.16. The largest absolute Gasteiger partial charge is 0.419 e.